The fraction of sp³-hybridized carbons (Fsp3) is 0.0588. The van der Waals surface area contributed by atoms with Crippen LogP contribution in [-0.4, -0.2) is 15.4 Å². The Morgan fingerprint density at radius 2 is 2.08 bits per heavy atom. The van der Waals surface area contributed by atoms with Crippen molar-refractivity contribution in [3.63, 3.8) is 0 Å². The Balaban J connectivity index is 1.72. The van der Waals surface area contributed by atoms with Crippen molar-refractivity contribution in [3.05, 3.63) is 75.9 Å². The maximum Gasteiger partial charge on any atom is 0.331 e. The van der Waals surface area contributed by atoms with Gasteiger partial charge in [-0.25, -0.2) is 14.2 Å². The monoisotopic (exact) mass is 364 g/mol. The van der Waals surface area contributed by atoms with E-state index in [9.17, 15) is 9.18 Å². The van der Waals surface area contributed by atoms with E-state index in [1.54, 1.807) is 16.7 Å². The SMILES string of the molecule is O=C(/C=C/c1c(Cl)nc2ccccn12)OCc1c(F)cccc1Cl. The van der Waals surface area contributed by atoms with Crippen molar-refractivity contribution in [3.8, 4) is 0 Å². The lowest BCUT2D eigenvalue weighted by atomic mass is 10.2. The topological polar surface area (TPSA) is 43.6 Å². The lowest BCUT2D eigenvalue weighted by molar-refractivity contribution is -0.138. The molecule has 0 fully saturated rings. The molecule has 0 saturated carbocycles. The van der Waals surface area contributed by atoms with Crippen LogP contribution >= 0.6 is 23.2 Å². The van der Waals surface area contributed by atoms with Crippen LogP contribution in [0.1, 0.15) is 11.3 Å². The van der Waals surface area contributed by atoms with Crippen LogP contribution in [0.5, 0.6) is 0 Å². The van der Waals surface area contributed by atoms with Gasteiger partial charge in [0.1, 0.15) is 18.1 Å². The molecule has 0 spiro atoms. The average molecular weight is 365 g/mol. The molecule has 2 heterocycles. The molecule has 4 nitrogen and oxygen atoms in total. The highest BCUT2D eigenvalue weighted by Crippen LogP contribution is 2.21. The summed E-state index contributed by atoms with van der Waals surface area (Å²) in [6.45, 7) is -0.254. The van der Waals surface area contributed by atoms with Crippen molar-refractivity contribution >= 4 is 40.9 Å². The minimum absolute atomic E-state index is 0.133. The summed E-state index contributed by atoms with van der Waals surface area (Å²) in [5, 5.41) is 0.471. The van der Waals surface area contributed by atoms with Gasteiger partial charge in [-0.15, -0.1) is 0 Å². The number of benzene rings is 1. The Kier molecular flexibility index (Phi) is 4.83. The van der Waals surface area contributed by atoms with Crippen molar-refractivity contribution in [2.75, 3.05) is 0 Å². The first-order chi connectivity index (χ1) is 11.6. The van der Waals surface area contributed by atoms with Gasteiger partial charge in [-0.05, 0) is 30.3 Å². The second kappa shape index (κ2) is 7.03. The largest absolute Gasteiger partial charge is 0.457 e. The minimum Gasteiger partial charge on any atom is -0.457 e. The third-order valence-electron chi connectivity index (χ3n) is 3.32. The van der Waals surface area contributed by atoms with E-state index in [1.165, 1.54) is 30.4 Å². The molecule has 24 heavy (non-hydrogen) atoms. The van der Waals surface area contributed by atoms with Crippen LogP contribution in [0.2, 0.25) is 10.2 Å². The van der Waals surface area contributed by atoms with E-state index in [2.05, 4.69) is 4.98 Å². The van der Waals surface area contributed by atoms with Gasteiger partial charge in [0.15, 0.2) is 5.15 Å². The molecule has 0 atom stereocenters. The van der Waals surface area contributed by atoms with Crippen LogP contribution in [0.15, 0.2) is 48.7 Å². The van der Waals surface area contributed by atoms with Crippen molar-refractivity contribution in [1.82, 2.24) is 9.38 Å². The van der Waals surface area contributed by atoms with E-state index in [0.29, 0.717) is 11.3 Å². The number of rotatable bonds is 4. The van der Waals surface area contributed by atoms with Crippen LogP contribution in [0.3, 0.4) is 0 Å². The number of hydrogen-bond acceptors (Lipinski definition) is 3. The van der Waals surface area contributed by atoms with Crippen LogP contribution in [0.25, 0.3) is 11.7 Å². The molecule has 0 radical (unpaired) electrons. The molecule has 1 aromatic carbocycles. The minimum atomic E-state index is -0.642. The number of esters is 1. The predicted octanol–water partition coefficient (Wildman–Crippen LogP) is 4.54. The summed E-state index contributed by atoms with van der Waals surface area (Å²) in [6.07, 6.45) is 4.48. The molecular weight excluding hydrogens is 354 g/mol. The van der Waals surface area contributed by atoms with Crippen molar-refractivity contribution in [2.24, 2.45) is 0 Å². The van der Waals surface area contributed by atoms with Gasteiger partial charge in [0, 0.05) is 17.8 Å². The highest BCUT2D eigenvalue weighted by atomic mass is 35.5. The van der Waals surface area contributed by atoms with Gasteiger partial charge < -0.3 is 4.74 Å². The highest BCUT2D eigenvalue weighted by molar-refractivity contribution is 6.31. The third-order valence-corrected chi connectivity index (χ3v) is 3.95. The van der Waals surface area contributed by atoms with Gasteiger partial charge in [0.2, 0.25) is 0 Å². The Morgan fingerprint density at radius 3 is 2.88 bits per heavy atom. The van der Waals surface area contributed by atoms with Crippen LogP contribution < -0.4 is 0 Å². The maximum atomic E-state index is 13.6. The van der Waals surface area contributed by atoms with E-state index >= 15 is 0 Å². The molecule has 0 saturated heterocycles. The molecule has 122 valence electrons. The van der Waals surface area contributed by atoms with Crippen molar-refractivity contribution in [1.29, 1.82) is 0 Å². The number of halogens is 3. The molecule has 0 bridgehead atoms. The second-order valence-corrected chi connectivity index (χ2v) is 5.62. The zero-order valence-corrected chi connectivity index (χ0v) is 13.8. The number of fused-ring (bicyclic) bond motifs is 1. The molecule has 0 N–H and O–H groups in total. The fourth-order valence-corrected chi connectivity index (χ4v) is 2.60. The fourth-order valence-electron chi connectivity index (χ4n) is 2.14. The molecular formula is C17H11Cl2FN2O2. The normalized spacial score (nSPS) is 11.3. The number of pyridine rings is 1. The molecule has 0 amide bonds. The Bertz CT molecular complexity index is 917. The lowest BCUT2D eigenvalue weighted by Gasteiger charge is -2.05. The summed E-state index contributed by atoms with van der Waals surface area (Å²) in [4.78, 5) is 16.0. The van der Waals surface area contributed by atoms with Gasteiger partial charge in [0.25, 0.3) is 0 Å². The first-order valence-corrected chi connectivity index (χ1v) is 7.72. The van der Waals surface area contributed by atoms with Crippen molar-refractivity contribution < 1.29 is 13.9 Å². The summed E-state index contributed by atoms with van der Waals surface area (Å²) < 4.78 is 20.4. The number of nitrogens with zero attached hydrogens (tertiary/aromatic N) is 2. The van der Waals surface area contributed by atoms with E-state index in [1.807, 2.05) is 12.1 Å². The van der Waals surface area contributed by atoms with E-state index in [4.69, 9.17) is 27.9 Å². The van der Waals surface area contributed by atoms with Crippen LogP contribution in [0.4, 0.5) is 4.39 Å². The zero-order valence-electron chi connectivity index (χ0n) is 12.2. The Hall–Kier alpha value is -2.37. The van der Waals surface area contributed by atoms with E-state index < -0.39 is 11.8 Å². The van der Waals surface area contributed by atoms with Crippen LogP contribution in [0, 0.1) is 5.82 Å². The maximum absolute atomic E-state index is 13.6. The Morgan fingerprint density at radius 1 is 1.25 bits per heavy atom. The number of carbonyl (C=O) groups excluding carboxylic acids is 1. The first-order valence-electron chi connectivity index (χ1n) is 6.96. The molecule has 3 aromatic rings. The summed E-state index contributed by atoms with van der Waals surface area (Å²) in [5.41, 5.74) is 1.34. The number of hydrogen-bond donors (Lipinski definition) is 0. The van der Waals surface area contributed by atoms with Crippen molar-refractivity contribution in [2.45, 2.75) is 6.61 Å². The summed E-state index contributed by atoms with van der Waals surface area (Å²) in [7, 11) is 0. The number of ether oxygens (including phenoxy) is 1. The second-order valence-electron chi connectivity index (χ2n) is 4.86. The van der Waals surface area contributed by atoms with E-state index in [-0.39, 0.29) is 22.3 Å². The molecule has 0 aliphatic rings. The molecule has 3 rings (SSSR count). The quantitative estimate of drug-likeness (QED) is 0.504. The van der Waals surface area contributed by atoms with Gasteiger partial charge in [-0.2, -0.15) is 0 Å². The van der Waals surface area contributed by atoms with Crippen LogP contribution in [-0.2, 0) is 16.1 Å². The van der Waals surface area contributed by atoms with E-state index in [0.717, 1.165) is 0 Å². The predicted molar refractivity (Wildman–Crippen MR) is 90.4 cm³/mol. The number of carbonyl (C=O) groups is 1. The van der Waals surface area contributed by atoms with Gasteiger partial charge >= 0.3 is 5.97 Å². The number of imidazole rings is 1. The van der Waals surface area contributed by atoms with Gasteiger partial charge in [-0.3, -0.25) is 4.40 Å². The summed E-state index contributed by atoms with van der Waals surface area (Å²) in [5.74, 6) is -1.17. The molecule has 0 unspecified atom stereocenters. The molecule has 7 heteroatoms. The standard InChI is InChI=1S/C17H11Cl2FN2O2/c18-12-4-3-5-13(20)11(12)10-24-16(23)8-7-14-17(19)21-15-6-1-2-9-22(14)15/h1-9H,10H2/b8-7+. The highest BCUT2D eigenvalue weighted by Gasteiger charge is 2.10. The smallest absolute Gasteiger partial charge is 0.331 e. The third kappa shape index (κ3) is 3.42. The lowest BCUT2D eigenvalue weighted by Crippen LogP contribution is -2.03. The Labute approximate surface area is 147 Å². The average Bonchev–Trinajstić information content (AvgIpc) is 2.87. The number of aromatic nitrogens is 2. The van der Waals surface area contributed by atoms with Gasteiger partial charge in [0.05, 0.1) is 10.7 Å². The summed E-state index contributed by atoms with van der Waals surface area (Å²) in [6, 6.07) is 9.71. The zero-order chi connectivity index (χ0) is 17.1. The molecule has 0 aliphatic carbocycles. The summed E-state index contributed by atoms with van der Waals surface area (Å²) >= 11 is 11.9. The molecule has 2 aromatic heterocycles. The van der Waals surface area contributed by atoms with Gasteiger partial charge in [-0.1, -0.05) is 35.3 Å². The first kappa shape index (κ1) is 16.5. The molecule has 0 aliphatic heterocycles.